The number of hydrogen-bond acceptors (Lipinski definition) is 5. The molecular weight excluding hydrogens is 361 g/mol. The van der Waals surface area contributed by atoms with Crippen molar-refractivity contribution in [2.75, 3.05) is 19.9 Å². The summed E-state index contributed by atoms with van der Waals surface area (Å²) in [6.45, 7) is 2.71. The van der Waals surface area contributed by atoms with Gasteiger partial charge in [0.25, 0.3) is 0 Å². The fourth-order valence-electron chi connectivity index (χ4n) is 3.93. The Hall–Kier alpha value is -2.70. The van der Waals surface area contributed by atoms with E-state index in [-0.39, 0.29) is 17.6 Å². The maximum Gasteiger partial charge on any atom is 0.231 e. The van der Waals surface area contributed by atoms with E-state index in [2.05, 4.69) is 4.90 Å². The maximum atomic E-state index is 14.0. The van der Waals surface area contributed by atoms with Crippen molar-refractivity contribution in [3.63, 3.8) is 0 Å². The van der Waals surface area contributed by atoms with Crippen LogP contribution >= 0.6 is 0 Å². The summed E-state index contributed by atoms with van der Waals surface area (Å²) in [6.07, 6.45) is 3.83. The normalized spacial score (nSPS) is 22.7. The standard InChI is InChI=1S/C22H20FNO4/c23-18-6-2-1-4-14(18)10-20-21(25)16-7-8-19-17(22(16)28-20)12-24(13-27-19)11-15-5-3-9-26-15/h1-2,4,6-8,10,15H,3,5,9,11-13H2. The summed E-state index contributed by atoms with van der Waals surface area (Å²) in [5.74, 6) is 0.738. The van der Waals surface area contributed by atoms with Gasteiger partial charge in [-0.3, -0.25) is 9.69 Å². The molecule has 0 amide bonds. The van der Waals surface area contributed by atoms with E-state index >= 15 is 0 Å². The molecule has 0 aromatic heterocycles. The van der Waals surface area contributed by atoms with Crippen LogP contribution in [0.4, 0.5) is 4.39 Å². The third kappa shape index (κ3) is 3.08. The van der Waals surface area contributed by atoms with Crippen LogP contribution in [0.15, 0.2) is 42.2 Å². The molecule has 3 heterocycles. The van der Waals surface area contributed by atoms with Crippen molar-refractivity contribution in [1.82, 2.24) is 4.90 Å². The number of Topliss-reactive ketones (excluding diaryl/α,β-unsaturated/α-hetero) is 1. The van der Waals surface area contributed by atoms with Gasteiger partial charge in [-0.05, 0) is 37.1 Å². The van der Waals surface area contributed by atoms with Crippen LogP contribution in [0.25, 0.3) is 6.08 Å². The van der Waals surface area contributed by atoms with Crippen molar-refractivity contribution in [3.05, 3.63) is 64.7 Å². The fourth-order valence-corrected chi connectivity index (χ4v) is 3.93. The van der Waals surface area contributed by atoms with E-state index in [1.54, 1.807) is 24.3 Å². The second kappa shape index (κ2) is 7.04. The second-order valence-corrected chi connectivity index (χ2v) is 7.30. The predicted octanol–water partition coefficient (Wildman–Crippen LogP) is 3.77. The number of carbonyl (C=O) groups is 1. The monoisotopic (exact) mass is 381 g/mol. The molecule has 2 aromatic rings. The Bertz CT molecular complexity index is 965. The molecule has 1 fully saturated rings. The van der Waals surface area contributed by atoms with E-state index in [9.17, 15) is 9.18 Å². The van der Waals surface area contributed by atoms with Crippen LogP contribution in [0.2, 0.25) is 0 Å². The second-order valence-electron chi connectivity index (χ2n) is 7.30. The summed E-state index contributed by atoms with van der Waals surface area (Å²) in [4.78, 5) is 14.9. The van der Waals surface area contributed by atoms with Gasteiger partial charge < -0.3 is 14.2 Å². The molecule has 1 saturated heterocycles. The van der Waals surface area contributed by atoms with E-state index in [1.807, 2.05) is 6.07 Å². The lowest BCUT2D eigenvalue weighted by molar-refractivity contribution is 0.0274. The molecule has 0 aliphatic carbocycles. The van der Waals surface area contributed by atoms with Gasteiger partial charge in [-0.1, -0.05) is 18.2 Å². The van der Waals surface area contributed by atoms with Crippen LogP contribution in [-0.4, -0.2) is 36.7 Å². The zero-order valence-corrected chi connectivity index (χ0v) is 15.3. The summed E-state index contributed by atoms with van der Waals surface area (Å²) in [6, 6.07) is 9.83. The maximum absolute atomic E-state index is 14.0. The SMILES string of the molecule is O=C1C(=Cc2ccccc2F)Oc2c1ccc1c2CN(CC2CCCO2)CO1. The highest BCUT2D eigenvalue weighted by Gasteiger charge is 2.34. The number of halogens is 1. The average molecular weight is 381 g/mol. The van der Waals surface area contributed by atoms with Gasteiger partial charge >= 0.3 is 0 Å². The van der Waals surface area contributed by atoms with Crippen LogP contribution in [0.5, 0.6) is 11.5 Å². The first-order valence-electron chi connectivity index (χ1n) is 9.50. The predicted molar refractivity (Wildman–Crippen MR) is 101 cm³/mol. The van der Waals surface area contributed by atoms with Crippen LogP contribution < -0.4 is 9.47 Å². The third-order valence-electron chi connectivity index (χ3n) is 5.36. The number of nitrogens with zero attached hydrogens (tertiary/aromatic N) is 1. The quantitative estimate of drug-likeness (QED) is 0.758. The van der Waals surface area contributed by atoms with Gasteiger partial charge in [-0.15, -0.1) is 0 Å². The minimum atomic E-state index is -0.393. The molecule has 3 aliphatic heterocycles. The smallest absolute Gasteiger partial charge is 0.231 e. The first kappa shape index (κ1) is 17.4. The molecule has 0 N–H and O–H groups in total. The highest BCUT2D eigenvalue weighted by Crippen LogP contribution is 2.42. The summed E-state index contributed by atoms with van der Waals surface area (Å²) < 4.78 is 31.5. The summed E-state index contributed by atoms with van der Waals surface area (Å²) in [5.41, 5.74) is 1.67. The minimum Gasteiger partial charge on any atom is -0.478 e. The van der Waals surface area contributed by atoms with Crippen molar-refractivity contribution in [1.29, 1.82) is 0 Å². The molecule has 1 unspecified atom stereocenters. The van der Waals surface area contributed by atoms with Gasteiger partial charge in [-0.2, -0.15) is 0 Å². The number of ketones is 1. The number of rotatable bonds is 3. The molecule has 6 heteroatoms. The third-order valence-corrected chi connectivity index (χ3v) is 5.36. The van der Waals surface area contributed by atoms with E-state index < -0.39 is 5.82 Å². The van der Waals surface area contributed by atoms with Gasteiger partial charge in [-0.25, -0.2) is 4.39 Å². The zero-order valence-electron chi connectivity index (χ0n) is 15.3. The molecule has 2 aromatic carbocycles. The largest absolute Gasteiger partial charge is 0.478 e. The first-order valence-corrected chi connectivity index (χ1v) is 9.50. The molecule has 5 nitrogen and oxygen atoms in total. The van der Waals surface area contributed by atoms with Gasteiger partial charge in [0.2, 0.25) is 5.78 Å². The molecule has 0 spiro atoms. The highest BCUT2D eigenvalue weighted by molar-refractivity contribution is 6.15. The van der Waals surface area contributed by atoms with Crippen molar-refractivity contribution >= 4 is 11.9 Å². The van der Waals surface area contributed by atoms with Crippen molar-refractivity contribution in [2.45, 2.75) is 25.5 Å². The molecule has 3 aliphatic rings. The molecular formula is C22H20FNO4. The van der Waals surface area contributed by atoms with Gasteiger partial charge in [0.05, 0.1) is 17.2 Å². The Morgan fingerprint density at radius 3 is 2.93 bits per heavy atom. The average Bonchev–Trinajstić information content (AvgIpc) is 3.32. The minimum absolute atomic E-state index is 0.129. The summed E-state index contributed by atoms with van der Waals surface area (Å²) in [7, 11) is 0. The van der Waals surface area contributed by atoms with Crippen LogP contribution in [0, 0.1) is 5.82 Å². The Kier molecular flexibility index (Phi) is 4.37. The van der Waals surface area contributed by atoms with Gasteiger partial charge in [0.15, 0.2) is 5.76 Å². The van der Waals surface area contributed by atoms with Crippen molar-refractivity contribution in [3.8, 4) is 11.5 Å². The number of carbonyl (C=O) groups excluding carboxylic acids is 1. The van der Waals surface area contributed by atoms with E-state index in [0.717, 1.165) is 37.3 Å². The number of allylic oxidation sites excluding steroid dienone is 1. The Labute approximate surface area is 162 Å². The molecule has 28 heavy (non-hydrogen) atoms. The summed E-state index contributed by atoms with van der Waals surface area (Å²) in [5, 5.41) is 0. The number of hydrogen-bond donors (Lipinski definition) is 0. The molecule has 1 atom stereocenters. The Balaban J connectivity index is 1.43. The topological polar surface area (TPSA) is 48.0 Å². The number of fused-ring (bicyclic) bond motifs is 3. The van der Waals surface area contributed by atoms with Crippen LogP contribution in [0.3, 0.4) is 0 Å². The lowest BCUT2D eigenvalue weighted by Gasteiger charge is -2.31. The van der Waals surface area contributed by atoms with E-state index in [0.29, 0.717) is 30.2 Å². The molecule has 0 bridgehead atoms. The number of ether oxygens (including phenoxy) is 3. The Morgan fingerprint density at radius 1 is 1.21 bits per heavy atom. The first-order chi connectivity index (χ1) is 13.7. The lowest BCUT2D eigenvalue weighted by atomic mass is 10.0. The zero-order chi connectivity index (χ0) is 19.1. The van der Waals surface area contributed by atoms with Gasteiger partial charge in [0.1, 0.15) is 24.0 Å². The summed E-state index contributed by atoms with van der Waals surface area (Å²) >= 11 is 0. The van der Waals surface area contributed by atoms with Crippen molar-refractivity contribution < 1.29 is 23.4 Å². The molecule has 0 saturated carbocycles. The molecule has 0 radical (unpaired) electrons. The van der Waals surface area contributed by atoms with Crippen molar-refractivity contribution in [2.24, 2.45) is 0 Å². The highest BCUT2D eigenvalue weighted by atomic mass is 19.1. The van der Waals surface area contributed by atoms with Crippen LogP contribution in [0.1, 0.15) is 34.3 Å². The van der Waals surface area contributed by atoms with Gasteiger partial charge in [0, 0.05) is 25.3 Å². The van der Waals surface area contributed by atoms with Crippen LogP contribution in [-0.2, 0) is 11.3 Å². The fraction of sp³-hybridized carbons (Fsp3) is 0.318. The Morgan fingerprint density at radius 2 is 2.11 bits per heavy atom. The molecule has 5 rings (SSSR count). The number of benzene rings is 2. The molecule has 144 valence electrons. The van der Waals surface area contributed by atoms with E-state index in [1.165, 1.54) is 12.1 Å². The van der Waals surface area contributed by atoms with E-state index in [4.69, 9.17) is 14.2 Å². The lowest BCUT2D eigenvalue weighted by Crippen LogP contribution is -2.37.